The number of aromatic nitrogens is 2. The molecule has 0 aliphatic heterocycles. The molecule has 178 valence electrons. The van der Waals surface area contributed by atoms with E-state index < -0.39 is 6.04 Å². The molecule has 1 aromatic carbocycles. The van der Waals surface area contributed by atoms with Crippen molar-refractivity contribution in [1.82, 2.24) is 25.3 Å². The second kappa shape index (κ2) is 11.3. The number of nitrogens with zero attached hydrogens (tertiary/aromatic N) is 4. The first-order chi connectivity index (χ1) is 15.8. The van der Waals surface area contributed by atoms with Crippen molar-refractivity contribution in [2.24, 2.45) is 11.8 Å². The van der Waals surface area contributed by atoms with E-state index in [1.807, 2.05) is 50.8 Å². The van der Waals surface area contributed by atoms with Gasteiger partial charge in [-0.05, 0) is 57.5 Å². The number of nitrogens with one attached hydrogen (secondary N) is 2. The summed E-state index contributed by atoms with van der Waals surface area (Å²) in [5.74, 6) is -0.311. The third-order valence-electron chi connectivity index (χ3n) is 6.26. The van der Waals surface area contributed by atoms with Crippen LogP contribution >= 0.6 is 0 Å². The number of fused-ring (bicyclic) bond motifs is 1. The Bertz CT molecular complexity index is 1010. The molecule has 2 N–H and O–H groups in total. The zero-order valence-electron chi connectivity index (χ0n) is 20.2. The highest BCUT2D eigenvalue weighted by Gasteiger charge is 2.33. The molecular formula is C25H36N6O2. The lowest BCUT2D eigenvalue weighted by Crippen LogP contribution is -2.50. The van der Waals surface area contributed by atoms with E-state index in [0.29, 0.717) is 24.3 Å². The van der Waals surface area contributed by atoms with Crippen LogP contribution in [-0.4, -0.2) is 59.2 Å². The molecule has 2 aromatic rings. The first kappa shape index (κ1) is 24.7. The molecule has 0 saturated heterocycles. The Hall–Kier alpha value is -2.92. The molecule has 2 amide bonds. The number of hydrogen-bond acceptors (Lipinski definition) is 5. The van der Waals surface area contributed by atoms with Gasteiger partial charge in [0.15, 0.2) is 0 Å². The number of carbonyl (C=O) groups excluding carboxylic acids is 2. The highest BCUT2D eigenvalue weighted by atomic mass is 16.2. The van der Waals surface area contributed by atoms with E-state index in [4.69, 9.17) is 0 Å². The van der Waals surface area contributed by atoms with Gasteiger partial charge in [-0.2, -0.15) is 10.4 Å². The van der Waals surface area contributed by atoms with E-state index in [0.717, 1.165) is 43.3 Å². The van der Waals surface area contributed by atoms with Crippen molar-refractivity contribution in [3.63, 3.8) is 0 Å². The van der Waals surface area contributed by atoms with Crippen molar-refractivity contribution in [2.45, 2.75) is 64.6 Å². The largest absolute Gasteiger partial charge is 0.349 e. The molecule has 3 rings (SSSR count). The number of benzene rings is 1. The predicted octanol–water partition coefficient (Wildman–Crippen LogP) is 2.94. The Labute approximate surface area is 196 Å². The summed E-state index contributed by atoms with van der Waals surface area (Å²) in [5, 5.41) is 20.7. The van der Waals surface area contributed by atoms with Crippen molar-refractivity contribution in [3.8, 4) is 6.07 Å². The van der Waals surface area contributed by atoms with E-state index >= 15 is 0 Å². The van der Waals surface area contributed by atoms with Gasteiger partial charge < -0.3 is 15.5 Å². The molecule has 0 bridgehead atoms. The van der Waals surface area contributed by atoms with Crippen LogP contribution in [0.25, 0.3) is 10.9 Å². The fraction of sp³-hybridized carbons (Fsp3) is 0.600. The summed E-state index contributed by atoms with van der Waals surface area (Å²) in [4.78, 5) is 28.1. The van der Waals surface area contributed by atoms with E-state index in [1.165, 1.54) is 0 Å². The zero-order valence-corrected chi connectivity index (χ0v) is 20.2. The van der Waals surface area contributed by atoms with Crippen LogP contribution in [0.5, 0.6) is 0 Å². The van der Waals surface area contributed by atoms with Crippen molar-refractivity contribution in [1.29, 1.82) is 5.26 Å². The van der Waals surface area contributed by atoms with Crippen LogP contribution in [0.4, 0.5) is 0 Å². The maximum atomic E-state index is 13.0. The highest BCUT2D eigenvalue weighted by Crippen LogP contribution is 2.26. The number of carbonyl (C=O) groups is 2. The van der Waals surface area contributed by atoms with Crippen LogP contribution < -0.4 is 10.6 Å². The van der Waals surface area contributed by atoms with Gasteiger partial charge in [-0.25, -0.2) is 0 Å². The Morgan fingerprint density at radius 1 is 1.27 bits per heavy atom. The molecule has 0 radical (unpaired) electrons. The second-order valence-electron chi connectivity index (χ2n) is 9.74. The topological polar surface area (TPSA) is 103 Å². The van der Waals surface area contributed by atoms with Gasteiger partial charge in [-0.1, -0.05) is 26.7 Å². The SMILES string of the molecule is CC(C)CC(C#N)NC(=O)C1CCCCC1NC(=O)c1ccc2c(cnn2CCN(C)C)c1. The monoisotopic (exact) mass is 452 g/mol. The van der Waals surface area contributed by atoms with E-state index in [9.17, 15) is 14.9 Å². The van der Waals surface area contributed by atoms with Gasteiger partial charge in [-0.3, -0.25) is 14.3 Å². The lowest BCUT2D eigenvalue weighted by molar-refractivity contribution is -0.127. The zero-order chi connectivity index (χ0) is 24.0. The van der Waals surface area contributed by atoms with E-state index in [2.05, 4.69) is 26.7 Å². The van der Waals surface area contributed by atoms with Gasteiger partial charge in [0, 0.05) is 23.5 Å². The van der Waals surface area contributed by atoms with Gasteiger partial charge in [0.1, 0.15) is 6.04 Å². The smallest absolute Gasteiger partial charge is 0.251 e. The average Bonchev–Trinajstić information content (AvgIpc) is 3.19. The molecule has 1 heterocycles. The summed E-state index contributed by atoms with van der Waals surface area (Å²) in [6.45, 7) is 5.72. The molecule has 8 heteroatoms. The summed E-state index contributed by atoms with van der Waals surface area (Å²) in [6.07, 6.45) is 5.80. The highest BCUT2D eigenvalue weighted by molar-refractivity contribution is 5.98. The minimum atomic E-state index is -0.498. The molecule has 0 spiro atoms. The average molecular weight is 453 g/mol. The lowest BCUT2D eigenvalue weighted by Gasteiger charge is -2.32. The Balaban J connectivity index is 1.67. The van der Waals surface area contributed by atoms with Gasteiger partial charge in [0.05, 0.1) is 30.2 Å². The molecule has 1 fully saturated rings. The number of nitriles is 1. The minimum Gasteiger partial charge on any atom is -0.349 e. The van der Waals surface area contributed by atoms with Crippen molar-refractivity contribution >= 4 is 22.7 Å². The molecule has 1 saturated carbocycles. The van der Waals surface area contributed by atoms with Gasteiger partial charge in [0.25, 0.3) is 5.91 Å². The number of amides is 2. The molecule has 3 atom stereocenters. The molecule has 1 aliphatic carbocycles. The summed E-state index contributed by atoms with van der Waals surface area (Å²) >= 11 is 0. The van der Waals surface area contributed by atoms with E-state index in [-0.39, 0.29) is 23.8 Å². The first-order valence-electron chi connectivity index (χ1n) is 11.9. The fourth-order valence-corrected chi connectivity index (χ4v) is 4.46. The maximum absolute atomic E-state index is 13.0. The summed E-state index contributed by atoms with van der Waals surface area (Å²) in [7, 11) is 4.05. The molecule has 8 nitrogen and oxygen atoms in total. The maximum Gasteiger partial charge on any atom is 0.251 e. The van der Waals surface area contributed by atoms with Crippen molar-refractivity contribution in [3.05, 3.63) is 30.0 Å². The summed E-state index contributed by atoms with van der Waals surface area (Å²) < 4.78 is 1.95. The number of hydrogen-bond donors (Lipinski definition) is 2. The minimum absolute atomic E-state index is 0.134. The quantitative estimate of drug-likeness (QED) is 0.609. The second-order valence-corrected chi connectivity index (χ2v) is 9.74. The van der Waals surface area contributed by atoms with Crippen LogP contribution in [0, 0.1) is 23.2 Å². The molecular weight excluding hydrogens is 416 g/mol. The number of likely N-dealkylation sites (N-methyl/N-ethyl adjacent to an activating group) is 1. The van der Waals surface area contributed by atoms with E-state index in [1.54, 1.807) is 6.20 Å². The third-order valence-corrected chi connectivity index (χ3v) is 6.26. The van der Waals surface area contributed by atoms with Crippen molar-refractivity contribution in [2.75, 3.05) is 20.6 Å². The van der Waals surface area contributed by atoms with Crippen LogP contribution in [0.1, 0.15) is 56.3 Å². The van der Waals surface area contributed by atoms with Crippen LogP contribution in [0.15, 0.2) is 24.4 Å². The Morgan fingerprint density at radius 2 is 2.03 bits per heavy atom. The predicted molar refractivity (Wildman–Crippen MR) is 128 cm³/mol. The number of rotatable bonds is 9. The summed E-state index contributed by atoms with van der Waals surface area (Å²) in [5.41, 5.74) is 1.56. The normalized spacial score (nSPS) is 19.4. The first-order valence-corrected chi connectivity index (χ1v) is 11.9. The molecule has 33 heavy (non-hydrogen) atoms. The van der Waals surface area contributed by atoms with Crippen LogP contribution in [0.2, 0.25) is 0 Å². The van der Waals surface area contributed by atoms with Crippen LogP contribution in [0.3, 0.4) is 0 Å². The van der Waals surface area contributed by atoms with Crippen LogP contribution in [-0.2, 0) is 11.3 Å². The Kier molecular flexibility index (Phi) is 8.45. The molecule has 1 aromatic heterocycles. The Morgan fingerprint density at radius 3 is 2.73 bits per heavy atom. The standard InChI is InChI=1S/C25H36N6O2/c1-17(2)13-20(15-26)28-25(33)21-7-5-6-8-22(21)29-24(32)18-9-10-23-19(14-18)16-27-31(23)12-11-30(3)4/h9-10,14,16-17,20-22H,5-8,11-13H2,1-4H3,(H,28,33)(H,29,32). The fourth-order valence-electron chi connectivity index (χ4n) is 4.46. The van der Waals surface area contributed by atoms with Gasteiger partial charge in [-0.15, -0.1) is 0 Å². The molecule has 3 unspecified atom stereocenters. The lowest BCUT2D eigenvalue weighted by atomic mass is 9.83. The third kappa shape index (κ3) is 6.55. The summed E-state index contributed by atoms with van der Waals surface area (Å²) in [6, 6.07) is 7.06. The molecule has 1 aliphatic rings. The van der Waals surface area contributed by atoms with Crippen molar-refractivity contribution < 1.29 is 9.59 Å². The van der Waals surface area contributed by atoms with Gasteiger partial charge in [0.2, 0.25) is 5.91 Å². The van der Waals surface area contributed by atoms with Gasteiger partial charge >= 0.3 is 0 Å².